The fourth-order valence-corrected chi connectivity index (χ4v) is 9.29. The largest absolute Gasteiger partial charge is 0.748 e. The van der Waals surface area contributed by atoms with Crippen LogP contribution in [0.15, 0.2) is 60.7 Å². The van der Waals surface area contributed by atoms with Crippen LogP contribution in [-0.2, 0) is 28.5 Å². The molecule has 0 heterocycles. The number of hydrogen-bond acceptors (Lipinski definition) is 14. The first-order valence-electron chi connectivity index (χ1n) is 21.7. The molecule has 0 saturated heterocycles. The van der Waals surface area contributed by atoms with Gasteiger partial charge in [-0.2, -0.15) is 5.34 Å². The van der Waals surface area contributed by atoms with E-state index >= 15 is 0 Å². The molecule has 2 saturated carbocycles. The fraction of sp³-hybridized carbons (Fsp3) is 0.630. The van der Waals surface area contributed by atoms with Crippen LogP contribution in [0.1, 0.15) is 122 Å². The smallest absolute Gasteiger partial charge is 0.407 e. The Balaban J connectivity index is 1.15. The fourth-order valence-electron chi connectivity index (χ4n) is 9.29. The maximum Gasteiger partial charge on any atom is 0.407 e. The van der Waals surface area contributed by atoms with E-state index in [2.05, 4.69) is 49.1 Å². The Bertz CT molecular complexity index is 1820. The van der Waals surface area contributed by atoms with Crippen molar-refractivity contribution in [3.05, 3.63) is 77.0 Å². The second kappa shape index (κ2) is 22.6. The van der Waals surface area contributed by atoms with Gasteiger partial charge in [-0.05, 0) is 105 Å². The summed E-state index contributed by atoms with van der Waals surface area (Å²) in [5.74, 6) is -1.01. The third-order valence-corrected chi connectivity index (χ3v) is 11.1. The van der Waals surface area contributed by atoms with Gasteiger partial charge < -0.3 is 44.8 Å². The third-order valence-electron chi connectivity index (χ3n) is 11.1. The Morgan fingerprint density at radius 1 is 0.603 bits per heavy atom. The molecule has 4 N–H and O–H groups in total. The SMILES string of the molecule is CC(COC(=O)c1ccccc1)OC(=O)NCC1(C)CC(NC(=O)OCC(C)OC(=O)NC2CC(C)(C)CC(C)(CNN([O-])OC(C)COC(=O)c3ccccc3)C2)CC(C)(C)C1. The summed E-state index contributed by atoms with van der Waals surface area (Å²) in [4.78, 5) is 68.5. The Morgan fingerprint density at radius 2 is 1.03 bits per heavy atom. The molecule has 63 heavy (non-hydrogen) atoms. The highest BCUT2D eigenvalue weighted by Crippen LogP contribution is 2.47. The van der Waals surface area contributed by atoms with Crippen LogP contribution >= 0.6 is 0 Å². The highest BCUT2D eigenvalue weighted by Gasteiger charge is 2.43. The number of nitrogens with one attached hydrogen (secondary N) is 4. The van der Waals surface area contributed by atoms with Crippen LogP contribution in [0.3, 0.4) is 0 Å². The summed E-state index contributed by atoms with van der Waals surface area (Å²) >= 11 is 0. The number of amides is 3. The quantitative estimate of drug-likeness (QED) is 0.0613. The Morgan fingerprint density at radius 3 is 1.54 bits per heavy atom. The zero-order chi connectivity index (χ0) is 46.4. The maximum absolute atomic E-state index is 13.0. The van der Waals surface area contributed by atoms with E-state index in [9.17, 15) is 29.2 Å². The van der Waals surface area contributed by atoms with Crippen LogP contribution < -0.4 is 21.4 Å². The van der Waals surface area contributed by atoms with Gasteiger partial charge in [0.1, 0.15) is 38.1 Å². The van der Waals surface area contributed by atoms with Crippen LogP contribution in [0.5, 0.6) is 0 Å². The van der Waals surface area contributed by atoms with Gasteiger partial charge in [0.2, 0.25) is 0 Å². The van der Waals surface area contributed by atoms with Crippen molar-refractivity contribution in [3.8, 4) is 0 Å². The van der Waals surface area contributed by atoms with E-state index in [1.54, 1.807) is 81.4 Å². The molecule has 17 nitrogen and oxygen atoms in total. The van der Waals surface area contributed by atoms with Gasteiger partial charge >= 0.3 is 30.2 Å². The van der Waals surface area contributed by atoms with E-state index in [0.717, 1.165) is 12.8 Å². The van der Waals surface area contributed by atoms with Crippen LogP contribution in [0.25, 0.3) is 0 Å². The van der Waals surface area contributed by atoms with Gasteiger partial charge in [0.05, 0.1) is 11.1 Å². The van der Waals surface area contributed by atoms with Crippen LogP contribution in [-0.4, -0.2) is 98.9 Å². The van der Waals surface area contributed by atoms with Crippen molar-refractivity contribution in [2.45, 2.75) is 131 Å². The standard InChI is InChI=1S/C46H68N5O12/c1-31(24-58-38(52)34-16-12-10-13-17-34)61-40(54)47-29-45(8)22-36(20-43(4,5)27-45)49-41(55)60-25-32(2)62-42(56)50-37-21-44(6,7)28-46(9,23-37)30-48-51(57)63-33(3)26-59-39(53)35-18-14-11-15-19-35/h10-19,31-33,36-37,48H,20-30H2,1-9H3,(H,47,54)(H,49,55)(H,50,56)/q-1. The number of alkyl carbamates (subject to hydrolysis) is 3. The number of nitrogens with zero attached hydrogens (tertiary/aromatic N) is 1. The summed E-state index contributed by atoms with van der Waals surface area (Å²) in [6.07, 6.45) is 0.0343. The summed E-state index contributed by atoms with van der Waals surface area (Å²) < 4.78 is 27.0. The molecule has 7 unspecified atom stereocenters. The summed E-state index contributed by atoms with van der Waals surface area (Å²) in [6, 6.07) is 16.6. The molecule has 0 aliphatic heterocycles. The summed E-state index contributed by atoms with van der Waals surface area (Å²) in [5, 5.41) is 21.6. The van der Waals surface area contributed by atoms with Crippen molar-refractivity contribution >= 4 is 30.2 Å². The lowest BCUT2D eigenvalue weighted by Gasteiger charge is -2.47. The van der Waals surface area contributed by atoms with Crippen LogP contribution in [0, 0.1) is 26.9 Å². The molecular formula is C46H68N5O12-. The van der Waals surface area contributed by atoms with Gasteiger partial charge in [0.15, 0.2) is 0 Å². The number of hydrazine groups is 1. The second-order valence-corrected chi connectivity index (χ2v) is 19.6. The number of rotatable bonds is 19. The number of ether oxygens (including phenoxy) is 5. The lowest BCUT2D eigenvalue weighted by Crippen LogP contribution is -2.52. The van der Waals surface area contributed by atoms with Gasteiger partial charge in [0, 0.05) is 25.2 Å². The predicted molar refractivity (Wildman–Crippen MR) is 234 cm³/mol. The molecule has 2 aromatic rings. The molecule has 0 spiro atoms. The first kappa shape index (κ1) is 50.7. The molecule has 0 aromatic heterocycles. The first-order valence-corrected chi connectivity index (χ1v) is 21.7. The zero-order valence-corrected chi connectivity index (χ0v) is 38.3. The average molecular weight is 883 g/mol. The monoisotopic (exact) mass is 882 g/mol. The van der Waals surface area contributed by atoms with Crippen molar-refractivity contribution in [2.24, 2.45) is 21.7 Å². The third kappa shape index (κ3) is 18.0. The molecule has 0 bridgehead atoms. The number of esters is 2. The van der Waals surface area contributed by atoms with Crippen molar-refractivity contribution in [1.29, 1.82) is 0 Å². The van der Waals surface area contributed by atoms with Crippen molar-refractivity contribution < 1.29 is 52.5 Å². The van der Waals surface area contributed by atoms with Crippen molar-refractivity contribution in [2.75, 3.05) is 32.9 Å². The summed E-state index contributed by atoms with van der Waals surface area (Å²) in [7, 11) is 0. The normalized spacial score (nSPS) is 24.1. The molecule has 17 heteroatoms. The van der Waals surface area contributed by atoms with Gasteiger partial charge in [-0.15, -0.1) is 0 Å². The molecular weight excluding hydrogens is 815 g/mol. The second-order valence-electron chi connectivity index (χ2n) is 19.6. The van der Waals surface area contributed by atoms with Crippen LogP contribution in [0.4, 0.5) is 14.4 Å². The minimum atomic E-state index is -0.743. The van der Waals surface area contributed by atoms with E-state index in [1.165, 1.54) is 0 Å². The first-order chi connectivity index (χ1) is 29.5. The number of benzene rings is 2. The van der Waals surface area contributed by atoms with Gasteiger partial charge in [0.25, 0.3) is 0 Å². The van der Waals surface area contributed by atoms with E-state index in [4.69, 9.17) is 28.5 Å². The summed E-state index contributed by atoms with van der Waals surface area (Å²) in [5.41, 5.74) is 2.47. The molecule has 350 valence electrons. The highest BCUT2D eigenvalue weighted by atomic mass is 16.9. The lowest BCUT2D eigenvalue weighted by molar-refractivity contribution is -0.204. The number of carbonyl (C=O) groups excluding carboxylic acids is 5. The zero-order valence-electron chi connectivity index (χ0n) is 38.3. The van der Waals surface area contributed by atoms with E-state index in [0.29, 0.717) is 43.4 Å². The minimum absolute atomic E-state index is 0.0921. The number of hydrogen-bond donors (Lipinski definition) is 4. The highest BCUT2D eigenvalue weighted by molar-refractivity contribution is 5.89. The van der Waals surface area contributed by atoms with E-state index in [1.807, 2.05) is 13.8 Å². The molecule has 2 aliphatic rings. The molecule has 2 aromatic carbocycles. The molecule has 4 rings (SSSR count). The topological polar surface area (TPSA) is 215 Å². The van der Waals surface area contributed by atoms with E-state index < -0.39 is 53.9 Å². The van der Waals surface area contributed by atoms with Gasteiger partial charge in [-0.3, -0.25) is 4.84 Å². The number of carbonyl (C=O) groups is 5. The molecule has 2 aliphatic carbocycles. The Kier molecular flexibility index (Phi) is 18.2. The Hall–Kier alpha value is -4.97. The molecule has 0 radical (unpaired) electrons. The molecule has 2 fully saturated rings. The van der Waals surface area contributed by atoms with Gasteiger partial charge in [-0.1, -0.05) is 77.9 Å². The van der Waals surface area contributed by atoms with Crippen LogP contribution in [0.2, 0.25) is 0 Å². The summed E-state index contributed by atoms with van der Waals surface area (Å²) in [6.45, 7) is 17.6. The maximum atomic E-state index is 13.0. The van der Waals surface area contributed by atoms with Crippen molar-refractivity contribution in [1.82, 2.24) is 26.7 Å². The van der Waals surface area contributed by atoms with Gasteiger partial charge in [-0.25, -0.2) is 29.4 Å². The molecule has 3 amide bonds. The predicted octanol–water partition coefficient (Wildman–Crippen LogP) is 7.45. The Labute approximate surface area is 371 Å². The lowest BCUT2D eigenvalue weighted by atomic mass is 9.62. The average Bonchev–Trinajstić information content (AvgIpc) is 3.19. The van der Waals surface area contributed by atoms with Crippen molar-refractivity contribution in [3.63, 3.8) is 0 Å². The minimum Gasteiger partial charge on any atom is -0.748 e. The van der Waals surface area contributed by atoms with E-state index in [-0.39, 0.29) is 60.0 Å². The molecule has 7 atom stereocenters.